The number of carboxylic acid groups (broad SMARTS) is 1. The molecule has 5 heteroatoms. The van der Waals surface area contributed by atoms with Crippen LogP contribution in [0.1, 0.15) is 41.6 Å². The first-order valence-electron chi connectivity index (χ1n) is 9.45. The molecule has 0 fully saturated rings. The fourth-order valence-corrected chi connectivity index (χ4v) is 3.28. The maximum absolute atomic E-state index is 11.3. The second kappa shape index (κ2) is 9.13. The van der Waals surface area contributed by atoms with Crippen molar-refractivity contribution in [3.8, 4) is 17.2 Å². The van der Waals surface area contributed by atoms with Gasteiger partial charge in [0.05, 0.1) is 12.2 Å². The van der Waals surface area contributed by atoms with Crippen LogP contribution in [0.25, 0.3) is 10.8 Å². The number of phenols is 2. The number of para-hydroxylation sites is 1. The molecular weight excluding hydrogens is 356 g/mol. The summed E-state index contributed by atoms with van der Waals surface area (Å²) in [6.45, 7) is 0.599. The van der Waals surface area contributed by atoms with E-state index in [2.05, 4.69) is 0 Å². The molecule has 0 bridgehead atoms. The van der Waals surface area contributed by atoms with Crippen LogP contribution in [0.5, 0.6) is 17.2 Å². The first-order valence-corrected chi connectivity index (χ1v) is 9.45. The van der Waals surface area contributed by atoms with Crippen molar-refractivity contribution in [1.82, 2.24) is 0 Å². The highest BCUT2D eigenvalue weighted by Gasteiger charge is 2.08. The lowest BCUT2D eigenvalue weighted by Crippen LogP contribution is -1.99. The van der Waals surface area contributed by atoms with Gasteiger partial charge in [0.25, 0.3) is 0 Å². The zero-order valence-corrected chi connectivity index (χ0v) is 15.6. The molecule has 3 aromatic rings. The Morgan fingerprint density at radius 2 is 1.68 bits per heavy atom. The standard InChI is InChI=1S/C23H24O5/c24-21-11-6-8-16(22(21)25)7-3-1-2-4-14-28-18-12-13-19-17(15-18)9-5-10-20(19)23(26)27/h5-6,8-13,15,24-25H,1-4,7,14H2,(H,26,27). The van der Waals surface area contributed by atoms with Crippen molar-refractivity contribution >= 4 is 16.7 Å². The lowest BCUT2D eigenvalue weighted by Gasteiger charge is -2.09. The Morgan fingerprint density at radius 1 is 0.893 bits per heavy atom. The maximum Gasteiger partial charge on any atom is 0.336 e. The van der Waals surface area contributed by atoms with Gasteiger partial charge in [-0.3, -0.25) is 0 Å². The minimum absolute atomic E-state index is 0.0202. The number of benzene rings is 3. The van der Waals surface area contributed by atoms with Crippen molar-refractivity contribution in [2.24, 2.45) is 0 Å². The van der Waals surface area contributed by atoms with Gasteiger partial charge in [-0.15, -0.1) is 0 Å². The third-order valence-corrected chi connectivity index (χ3v) is 4.79. The molecule has 0 saturated carbocycles. The largest absolute Gasteiger partial charge is 0.504 e. The van der Waals surface area contributed by atoms with Gasteiger partial charge in [-0.25, -0.2) is 4.79 Å². The number of hydrogen-bond acceptors (Lipinski definition) is 4. The average Bonchev–Trinajstić information content (AvgIpc) is 2.69. The van der Waals surface area contributed by atoms with E-state index < -0.39 is 5.97 Å². The first-order chi connectivity index (χ1) is 13.6. The molecule has 28 heavy (non-hydrogen) atoms. The molecule has 0 aromatic heterocycles. The van der Waals surface area contributed by atoms with E-state index in [0.717, 1.165) is 48.8 Å². The molecule has 0 radical (unpaired) electrons. The highest BCUT2D eigenvalue weighted by Crippen LogP contribution is 2.29. The summed E-state index contributed by atoms with van der Waals surface area (Å²) >= 11 is 0. The third kappa shape index (κ3) is 4.74. The monoisotopic (exact) mass is 380 g/mol. The minimum Gasteiger partial charge on any atom is -0.504 e. The smallest absolute Gasteiger partial charge is 0.336 e. The molecule has 0 amide bonds. The van der Waals surface area contributed by atoms with Gasteiger partial charge >= 0.3 is 5.97 Å². The molecule has 3 aromatic carbocycles. The van der Waals surface area contributed by atoms with Crippen molar-refractivity contribution in [2.45, 2.75) is 32.1 Å². The fourth-order valence-electron chi connectivity index (χ4n) is 3.28. The fraction of sp³-hybridized carbons (Fsp3) is 0.261. The van der Waals surface area contributed by atoms with Crippen LogP contribution < -0.4 is 4.74 Å². The first kappa shape index (κ1) is 19.5. The number of rotatable bonds is 9. The van der Waals surface area contributed by atoms with Crippen LogP contribution in [0.3, 0.4) is 0 Å². The summed E-state index contributed by atoms with van der Waals surface area (Å²) in [7, 11) is 0. The number of hydrogen-bond donors (Lipinski definition) is 3. The van der Waals surface area contributed by atoms with Crippen molar-refractivity contribution < 1.29 is 24.9 Å². The van der Waals surface area contributed by atoms with E-state index in [-0.39, 0.29) is 11.5 Å². The highest BCUT2D eigenvalue weighted by atomic mass is 16.5. The molecule has 0 unspecified atom stereocenters. The molecule has 0 aliphatic rings. The van der Waals surface area contributed by atoms with Crippen molar-refractivity contribution in [3.05, 3.63) is 65.7 Å². The number of aryl methyl sites for hydroxylation is 1. The molecule has 0 aliphatic heterocycles. The molecular formula is C23H24O5. The molecule has 3 N–H and O–H groups in total. The zero-order chi connectivity index (χ0) is 19.9. The zero-order valence-electron chi connectivity index (χ0n) is 15.6. The molecule has 0 spiro atoms. The Bertz CT molecular complexity index is 964. The molecule has 3 rings (SSSR count). The summed E-state index contributed by atoms with van der Waals surface area (Å²) in [6, 6.07) is 15.7. The SMILES string of the molecule is O=C(O)c1cccc2cc(OCCCCCCc3cccc(O)c3O)ccc12. The molecule has 0 saturated heterocycles. The van der Waals surface area contributed by atoms with Crippen LogP contribution in [0, 0.1) is 0 Å². The minimum atomic E-state index is -0.932. The second-order valence-corrected chi connectivity index (χ2v) is 6.79. The molecule has 0 atom stereocenters. The van der Waals surface area contributed by atoms with E-state index >= 15 is 0 Å². The lowest BCUT2D eigenvalue weighted by atomic mass is 10.0. The number of aromatic hydroxyl groups is 2. The lowest BCUT2D eigenvalue weighted by molar-refractivity contribution is 0.0699. The predicted octanol–water partition coefficient (Wildman–Crippen LogP) is 5.13. The van der Waals surface area contributed by atoms with E-state index in [1.807, 2.05) is 18.2 Å². The number of aromatic carboxylic acids is 1. The molecule has 146 valence electrons. The molecule has 0 aliphatic carbocycles. The van der Waals surface area contributed by atoms with E-state index in [4.69, 9.17) is 4.74 Å². The van der Waals surface area contributed by atoms with E-state index in [9.17, 15) is 20.1 Å². The summed E-state index contributed by atoms with van der Waals surface area (Å²) in [5.41, 5.74) is 1.06. The Morgan fingerprint density at radius 3 is 2.50 bits per heavy atom. The molecule has 0 heterocycles. The summed E-state index contributed by atoms with van der Waals surface area (Å²) in [5.74, 6) is -0.289. The van der Waals surface area contributed by atoms with Gasteiger partial charge in [-0.05, 0) is 65.9 Å². The van der Waals surface area contributed by atoms with Gasteiger partial charge in [0.1, 0.15) is 5.75 Å². The normalized spacial score (nSPS) is 10.9. The van der Waals surface area contributed by atoms with Crippen LogP contribution in [-0.2, 0) is 6.42 Å². The summed E-state index contributed by atoms with van der Waals surface area (Å²) < 4.78 is 5.79. The summed E-state index contributed by atoms with van der Waals surface area (Å²) in [6.07, 6.45) is 4.61. The highest BCUT2D eigenvalue weighted by molar-refractivity contribution is 6.03. The average molecular weight is 380 g/mol. The van der Waals surface area contributed by atoms with Gasteiger partial charge in [-0.1, -0.05) is 37.1 Å². The van der Waals surface area contributed by atoms with Crippen LogP contribution in [-0.4, -0.2) is 27.9 Å². The van der Waals surface area contributed by atoms with Crippen molar-refractivity contribution in [1.29, 1.82) is 0 Å². The van der Waals surface area contributed by atoms with Crippen LogP contribution in [0.15, 0.2) is 54.6 Å². The van der Waals surface area contributed by atoms with E-state index in [0.29, 0.717) is 17.6 Å². The number of unbranched alkanes of at least 4 members (excludes halogenated alkanes) is 3. The van der Waals surface area contributed by atoms with Crippen LogP contribution in [0.4, 0.5) is 0 Å². The van der Waals surface area contributed by atoms with Gasteiger partial charge in [-0.2, -0.15) is 0 Å². The van der Waals surface area contributed by atoms with Crippen molar-refractivity contribution in [2.75, 3.05) is 6.61 Å². The summed E-state index contributed by atoms with van der Waals surface area (Å²) in [5, 5.41) is 30.1. The number of phenolic OH excluding ortho intramolecular Hbond substituents is 2. The Balaban J connectivity index is 1.42. The Hall–Kier alpha value is -3.21. The topological polar surface area (TPSA) is 87.0 Å². The quantitative estimate of drug-likeness (QED) is 0.354. The number of carbonyl (C=O) groups is 1. The second-order valence-electron chi connectivity index (χ2n) is 6.79. The van der Waals surface area contributed by atoms with Gasteiger partial charge in [0.2, 0.25) is 0 Å². The Labute approximate surface area is 163 Å². The maximum atomic E-state index is 11.3. The number of carboxylic acids is 1. The van der Waals surface area contributed by atoms with Gasteiger partial charge in [0, 0.05) is 0 Å². The van der Waals surface area contributed by atoms with Gasteiger partial charge in [0.15, 0.2) is 11.5 Å². The van der Waals surface area contributed by atoms with Crippen molar-refractivity contribution in [3.63, 3.8) is 0 Å². The number of ether oxygens (including phenoxy) is 1. The van der Waals surface area contributed by atoms with Gasteiger partial charge < -0.3 is 20.1 Å². The molecule has 5 nitrogen and oxygen atoms in total. The van der Waals surface area contributed by atoms with Crippen LogP contribution in [0.2, 0.25) is 0 Å². The Kier molecular flexibility index (Phi) is 6.37. The van der Waals surface area contributed by atoms with E-state index in [1.165, 1.54) is 6.07 Å². The van der Waals surface area contributed by atoms with E-state index in [1.54, 1.807) is 30.3 Å². The summed E-state index contributed by atoms with van der Waals surface area (Å²) in [4.78, 5) is 11.3. The third-order valence-electron chi connectivity index (χ3n) is 4.79. The van der Waals surface area contributed by atoms with Crippen LogP contribution >= 0.6 is 0 Å². The number of fused-ring (bicyclic) bond motifs is 1. The predicted molar refractivity (Wildman–Crippen MR) is 108 cm³/mol.